The highest BCUT2D eigenvalue weighted by Gasteiger charge is 2.39. The number of carbonyl (C=O) groups excluding carboxylic acids is 2. The van der Waals surface area contributed by atoms with Crippen molar-refractivity contribution in [3.05, 3.63) is 22.4 Å². The number of amides is 2. The standard InChI is InChI=1S/C17H27N3O2S/c1-4-20(5-2)11-10-18-17(22)13-8-9-15(21)19(3)16(13)14-7-6-12-23-14/h6-7,12-13,16H,4-5,8-11H2,1-3H3,(H,18,22)/t13-,16+/m0/s1. The lowest BCUT2D eigenvalue weighted by atomic mass is 9.87. The molecule has 2 amide bonds. The maximum Gasteiger partial charge on any atom is 0.225 e. The summed E-state index contributed by atoms with van der Waals surface area (Å²) in [5.41, 5.74) is 0. The summed E-state index contributed by atoms with van der Waals surface area (Å²) in [6.07, 6.45) is 1.08. The van der Waals surface area contributed by atoms with Gasteiger partial charge in [0.15, 0.2) is 0 Å². The van der Waals surface area contributed by atoms with Gasteiger partial charge in [-0.2, -0.15) is 0 Å². The Morgan fingerprint density at radius 2 is 2.17 bits per heavy atom. The minimum absolute atomic E-state index is 0.0647. The second kappa shape index (κ2) is 8.45. The lowest BCUT2D eigenvalue weighted by Crippen LogP contribution is -2.47. The van der Waals surface area contributed by atoms with Crippen LogP contribution in [0.4, 0.5) is 0 Å². The minimum atomic E-state index is -0.159. The van der Waals surface area contributed by atoms with Crippen LogP contribution in [0, 0.1) is 5.92 Å². The summed E-state index contributed by atoms with van der Waals surface area (Å²) in [5.74, 6) is 0.0264. The molecule has 1 fully saturated rings. The third-order valence-corrected chi connectivity index (χ3v) is 5.60. The molecule has 1 aliphatic rings. The fourth-order valence-corrected chi connectivity index (χ4v) is 4.10. The van der Waals surface area contributed by atoms with Crippen molar-refractivity contribution in [2.75, 3.05) is 33.2 Å². The lowest BCUT2D eigenvalue weighted by molar-refractivity contribution is -0.141. The topological polar surface area (TPSA) is 52.7 Å². The first-order chi connectivity index (χ1) is 11.1. The molecular formula is C17H27N3O2S. The number of hydrogen-bond acceptors (Lipinski definition) is 4. The fraction of sp³-hybridized carbons (Fsp3) is 0.647. The number of hydrogen-bond donors (Lipinski definition) is 1. The van der Waals surface area contributed by atoms with E-state index in [9.17, 15) is 9.59 Å². The first kappa shape index (κ1) is 17.9. The summed E-state index contributed by atoms with van der Waals surface area (Å²) in [7, 11) is 1.81. The van der Waals surface area contributed by atoms with E-state index in [1.165, 1.54) is 0 Å². The Hall–Kier alpha value is -1.40. The van der Waals surface area contributed by atoms with Crippen LogP contribution < -0.4 is 5.32 Å². The van der Waals surface area contributed by atoms with Gasteiger partial charge >= 0.3 is 0 Å². The van der Waals surface area contributed by atoms with Crippen LogP contribution in [0.2, 0.25) is 0 Å². The number of likely N-dealkylation sites (tertiary alicyclic amines) is 1. The quantitative estimate of drug-likeness (QED) is 0.829. The second-order valence-electron chi connectivity index (χ2n) is 5.93. The Labute approximate surface area is 142 Å². The van der Waals surface area contributed by atoms with Crippen molar-refractivity contribution in [2.45, 2.75) is 32.7 Å². The van der Waals surface area contributed by atoms with Crippen LogP contribution >= 0.6 is 11.3 Å². The molecule has 2 rings (SSSR count). The van der Waals surface area contributed by atoms with Crippen LogP contribution in [0.25, 0.3) is 0 Å². The highest BCUT2D eigenvalue weighted by atomic mass is 32.1. The Balaban J connectivity index is 2.00. The molecule has 0 aromatic carbocycles. The molecule has 1 N–H and O–H groups in total. The molecule has 1 saturated heterocycles. The van der Waals surface area contributed by atoms with Gasteiger partial charge < -0.3 is 15.1 Å². The molecule has 0 saturated carbocycles. The Bertz CT molecular complexity index is 514. The van der Waals surface area contributed by atoms with Crippen molar-refractivity contribution in [1.29, 1.82) is 0 Å². The van der Waals surface area contributed by atoms with Crippen molar-refractivity contribution < 1.29 is 9.59 Å². The summed E-state index contributed by atoms with van der Waals surface area (Å²) < 4.78 is 0. The predicted molar refractivity (Wildman–Crippen MR) is 93.4 cm³/mol. The number of likely N-dealkylation sites (N-methyl/N-ethyl adjacent to an activating group) is 1. The van der Waals surface area contributed by atoms with E-state index >= 15 is 0 Å². The van der Waals surface area contributed by atoms with Crippen LogP contribution in [-0.2, 0) is 9.59 Å². The summed E-state index contributed by atoms with van der Waals surface area (Å²) in [6.45, 7) is 7.76. The molecule has 1 aromatic heterocycles. The zero-order valence-electron chi connectivity index (χ0n) is 14.2. The number of rotatable bonds is 7. The SMILES string of the molecule is CCN(CC)CCNC(=O)[C@H]1CCC(=O)N(C)[C@H]1c1cccs1. The summed E-state index contributed by atoms with van der Waals surface area (Å²) in [6, 6.07) is 3.85. The molecule has 5 nitrogen and oxygen atoms in total. The maximum atomic E-state index is 12.7. The average Bonchev–Trinajstić information content (AvgIpc) is 3.07. The molecule has 6 heteroatoms. The summed E-state index contributed by atoms with van der Waals surface area (Å²) in [5, 5.41) is 5.06. The van der Waals surface area contributed by atoms with Crippen molar-refractivity contribution in [3.8, 4) is 0 Å². The molecule has 23 heavy (non-hydrogen) atoms. The molecule has 0 radical (unpaired) electrons. The normalized spacial score (nSPS) is 21.7. The second-order valence-corrected chi connectivity index (χ2v) is 6.91. The van der Waals surface area contributed by atoms with E-state index in [1.54, 1.807) is 16.2 Å². The monoisotopic (exact) mass is 337 g/mol. The molecule has 2 atom stereocenters. The number of carbonyl (C=O) groups is 2. The first-order valence-electron chi connectivity index (χ1n) is 8.37. The number of piperidine rings is 1. The van der Waals surface area contributed by atoms with E-state index in [4.69, 9.17) is 0 Å². The fourth-order valence-electron chi connectivity index (χ4n) is 3.17. The lowest BCUT2D eigenvalue weighted by Gasteiger charge is -2.37. The average molecular weight is 337 g/mol. The van der Waals surface area contributed by atoms with Gasteiger partial charge in [-0.25, -0.2) is 0 Å². The summed E-state index contributed by atoms with van der Waals surface area (Å²) in [4.78, 5) is 29.8. The molecule has 0 unspecified atom stereocenters. The number of thiophene rings is 1. The predicted octanol–water partition coefficient (Wildman–Crippen LogP) is 2.12. The van der Waals surface area contributed by atoms with E-state index in [0.717, 1.165) is 24.5 Å². The third kappa shape index (κ3) is 4.32. The molecule has 1 aliphatic heterocycles. The van der Waals surface area contributed by atoms with Crippen molar-refractivity contribution in [2.24, 2.45) is 5.92 Å². The smallest absolute Gasteiger partial charge is 0.225 e. The number of nitrogens with one attached hydrogen (secondary N) is 1. The molecule has 0 aliphatic carbocycles. The van der Waals surface area contributed by atoms with Gasteiger partial charge in [-0.05, 0) is 31.0 Å². The van der Waals surface area contributed by atoms with E-state index in [-0.39, 0.29) is 23.8 Å². The van der Waals surface area contributed by atoms with Crippen LogP contribution in [-0.4, -0.2) is 54.8 Å². The highest BCUT2D eigenvalue weighted by molar-refractivity contribution is 7.10. The largest absolute Gasteiger partial charge is 0.354 e. The van der Waals surface area contributed by atoms with E-state index in [1.807, 2.05) is 24.6 Å². The van der Waals surface area contributed by atoms with Gasteiger partial charge in [-0.15, -0.1) is 11.3 Å². The van der Waals surface area contributed by atoms with E-state index in [0.29, 0.717) is 19.4 Å². The van der Waals surface area contributed by atoms with Gasteiger partial charge in [0.25, 0.3) is 0 Å². The highest BCUT2D eigenvalue weighted by Crippen LogP contribution is 2.37. The Morgan fingerprint density at radius 1 is 1.43 bits per heavy atom. The van der Waals surface area contributed by atoms with Gasteiger partial charge in [0, 0.05) is 31.4 Å². The molecule has 0 spiro atoms. The Kier molecular flexibility index (Phi) is 6.59. The molecular weight excluding hydrogens is 310 g/mol. The third-order valence-electron chi connectivity index (χ3n) is 4.65. The van der Waals surface area contributed by atoms with Crippen molar-refractivity contribution in [1.82, 2.24) is 15.1 Å². The zero-order valence-corrected chi connectivity index (χ0v) is 15.1. The van der Waals surface area contributed by atoms with E-state index in [2.05, 4.69) is 24.1 Å². The van der Waals surface area contributed by atoms with Crippen LogP contribution in [0.5, 0.6) is 0 Å². The van der Waals surface area contributed by atoms with E-state index < -0.39 is 0 Å². The molecule has 0 bridgehead atoms. The minimum Gasteiger partial charge on any atom is -0.354 e. The van der Waals surface area contributed by atoms with Gasteiger partial charge in [0.1, 0.15) is 0 Å². The van der Waals surface area contributed by atoms with Crippen molar-refractivity contribution in [3.63, 3.8) is 0 Å². The van der Waals surface area contributed by atoms with Gasteiger partial charge in [0.2, 0.25) is 11.8 Å². The zero-order chi connectivity index (χ0) is 16.8. The summed E-state index contributed by atoms with van der Waals surface area (Å²) >= 11 is 1.61. The van der Waals surface area contributed by atoms with Crippen LogP contribution in [0.15, 0.2) is 17.5 Å². The molecule has 2 heterocycles. The molecule has 1 aromatic rings. The Morgan fingerprint density at radius 3 is 2.78 bits per heavy atom. The first-order valence-corrected chi connectivity index (χ1v) is 9.25. The van der Waals surface area contributed by atoms with Crippen molar-refractivity contribution >= 4 is 23.2 Å². The van der Waals surface area contributed by atoms with Gasteiger partial charge in [-0.1, -0.05) is 19.9 Å². The van der Waals surface area contributed by atoms with Crippen LogP contribution in [0.1, 0.15) is 37.6 Å². The molecule has 128 valence electrons. The van der Waals surface area contributed by atoms with Crippen LogP contribution in [0.3, 0.4) is 0 Å². The number of nitrogens with zero attached hydrogens (tertiary/aromatic N) is 2. The van der Waals surface area contributed by atoms with Gasteiger partial charge in [-0.3, -0.25) is 9.59 Å². The van der Waals surface area contributed by atoms with Gasteiger partial charge in [0.05, 0.1) is 12.0 Å². The maximum absolute atomic E-state index is 12.7.